The maximum Gasteiger partial charge on any atom is 0.222 e. The molecule has 0 saturated heterocycles. The van der Waals surface area contributed by atoms with Gasteiger partial charge in [-0.25, -0.2) is 19.9 Å². The summed E-state index contributed by atoms with van der Waals surface area (Å²) in [5.41, 5.74) is 8.04. The summed E-state index contributed by atoms with van der Waals surface area (Å²) in [6, 6.07) is 18.4. The van der Waals surface area contributed by atoms with Gasteiger partial charge in [0.05, 0.1) is 24.5 Å². The summed E-state index contributed by atoms with van der Waals surface area (Å²) < 4.78 is 10.7. The number of rotatable bonds is 8. The van der Waals surface area contributed by atoms with E-state index in [1.54, 1.807) is 18.8 Å². The molecule has 0 aliphatic rings. The van der Waals surface area contributed by atoms with Gasteiger partial charge in [0, 0.05) is 53.1 Å². The Labute approximate surface area is 226 Å². The van der Waals surface area contributed by atoms with Crippen molar-refractivity contribution in [2.75, 3.05) is 10.6 Å². The number of furan rings is 2. The Kier molecular flexibility index (Phi) is 6.50. The van der Waals surface area contributed by atoms with Gasteiger partial charge in [-0.15, -0.1) is 0 Å². The van der Waals surface area contributed by atoms with E-state index in [-0.39, 0.29) is 6.04 Å². The molecule has 8 nitrogen and oxygen atoms in total. The highest BCUT2D eigenvalue weighted by molar-refractivity contribution is 5.85. The zero-order chi connectivity index (χ0) is 26.8. The number of hydrogen-bond donors (Lipinski definition) is 2. The van der Waals surface area contributed by atoms with Crippen LogP contribution in [0.5, 0.6) is 0 Å². The molecule has 8 heteroatoms. The van der Waals surface area contributed by atoms with E-state index in [4.69, 9.17) is 8.83 Å². The lowest BCUT2D eigenvalue weighted by molar-refractivity contribution is 0.564. The summed E-state index contributed by atoms with van der Waals surface area (Å²) >= 11 is 0. The molecule has 0 aliphatic heterocycles. The van der Waals surface area contributed by atoms with Crippen molar-refractivity contribution in [2.24, 2.45) is 0 Å². The van der Waals surface area contributed by atoms with Crippen LogP contribution in [0.15, 0.2) is 94.6 Å². The van der Waals surface area contributed by atoms with Gasteiger partial charge in [0.1, 0.15) is 17.2 Å². The van der Waals surface area contributed by atoms with Crippen LogP contribution < -0.4 is 10.6 Å². The van der Waals surface area contributed by atoms with Gasteiger partial charge in [0.2, 0.25) is 5.95 Å². The van der Waals surface area contributed by atoms with Crippen molar-refractivity contribution < 1.29 is 8.83 Å². The first-order valence-corrected chi connectivity index (χ1v) is 12.8. The van der Waals surface area contributed by atoms with Crippen LogP contribution in [0.3, 0.4) is 0 Å². The van der Waals surface area contributed by atoms with Crippen LogP contribution in [0.2, 0.25) is 0 Å². The number of anilines is 2. The molecule has 0 aliphatic carbocycles. The molecule has 1 atom stereocenters. The molecular weight excluding hydrogens is 488 g/mol. The van der Waals surface area contributed by atoms with Gasteiger partial charge in [-0.1, -0.05) is 18.2 Å². The third-order valence-corrected chi connectivity index (χ3v) is 6.67. The second kappa shape index (κ2) is 10.4. The van der Waals surface area contributed by atoms with Crippen molar-refractivity contribution in [3.63, 3.8) is 0 Å². The zero-order valence-corrected chi connectivity index (χ0v) is 22.0. The molecule has 194 valence electrons. The van der Waals surface area contributed by atoms with Crippen molar-refractivity contribution in [3.8, 4) is 22.4 Å². The van der Waals surface area contributed by atoms with E-state index in [2.05, 4.69) is 61.8 Å². The molecule has 4 aromatic heterocycles. The van der Waals surface area contributed by atoms with Gasteiger partial charge < -0.3 is 19.5 Å². The molecule has 2 aromatic carbocycles. The Hall–Kier alpha value is -4.98. The zero-order valence-electron chi connectivity index (χ0n) is 22.0. The highest BCUT2D eigenvalue weighted by Gasteiger charge is 2.12. The lowest BCUT2D eigenvalue weighted by Crippen LogP contribution is -2.09. The summed E-state index contributed by atoms with van der Waals surface area (Å²) in [5.74, 6) is 2.05. The molecule has 0 radical (unpaired) electrons. The first-order valence-electron chi connectivity index (χ1n) is 12.8. The van der Waals surface area contributed by atoms with Crippen molar-refractivity contribution in [2.45, 2.75) is 33.4 Å². The molecule has 0 spiro atoms. The van der Waals surface area contributed by atoms with Gasteiger partial charge in [-0.2, -0.15) is 0 Å². The average Bonchev–Trinajstić information content (AvgIpc) is 3.61. The van der Waals surface area contributed by atoms with Crippen LogP contribution in [-0.2, 0) is 6.54 Å². The molecule has 39 heavy (non-hydrogen) atoms. The summed E-state index contributed by atoms with van der Waals surface area (Å²) in [6.45, 7) is 6.69. The van der Waals surface area contributed by atoms with E-state index in [0.717, 1.165) is 55.9 Å². The van der Waals surface area contributed by atoms with Crippen LogP contribution in [0, 0.1) is 13.8 Å². The number of fused-ring (bicyclic) bond motifs is 1. The predicted molar refractivity (Wildman–Crippen MR) is 152 cm³/mol. The van der Waals surface area contributed by atoms with Gasteiger partial charge in [-0.05, 0) is 67.8 Å². The van der Waals surface area contributed by atoms with Crippen LogP contribution >= 0.6 is 0 Å². The molecule has 6 aromatic rings. The Bertz CT molecular complexity index is 1720. The average molecular weight is 517 g/mol. The fourth-order valence-electron chi connectivity index (χ4n) is 4.54. The molecule has 0 amide bonds. The molecule has 1 unspecified atom stereocenters. The number of hydrogen-bond acceptors (Lipinski definition) is 8. The number of nitrogens with zero attached hydrogens (tertiary/aromatic N) is 4. The van der Waals surface area contributed by atoms with Gasteiger partial charge >= 0.3 is 0 Å². The number of nitrogens with one attached hydrogen (secondary N) is 2. The first kappa shape index (κ1) is 24.4. The van der Waals surface area contributed by atoms with Crippen LogP contribution in [0.25, 0.3) is 33.4 Å². The SMILES string of the molecule is Cc1nc(NC(C)c2cccc(-c3cnc(NCc4ccoc4)nc3)c2)cc(-c2ccc3occ(C)c3c2)n1. The number of aryl methyl sites for hydroxylation is 2. The van der Waals surface area contributed by atoms with Crippen molar-refractivity contribution >= 4 is 22.7 Å². The summed E-state index contributed by atoms with van der Waals surface area (Å²) in [5, 5.41) is 7.85. The summed E-state index contributed by atoms with van der Waals surface area (Å²) in [7, 11) is 0. The minimum Gasteiger partial charge on any atom is -0.472 e. The minimum atomic E-state index is 0.0162. The third kappa shape index (κ3) is 5.36. The number of benzene rings is 2. The van der Waals surface area contributed by atoms with E-state index < -0.39 is 0 Å². The molecule has 0 fully saturated rings. The highest BCUT2D eigenvalue weighted by atomic mass is 16.3. The highest BCUT2D eigenvalue weighted by Crippen LogP contribution is 2.29. The van der Waals surface area contributed by atoms with Crippen molar-refractivity contribution in [3.05, 3.63) is 108 Å². The Balaban J connectivity index is 1.18. The molecular formula is C31H28N6O2. The second-order valence-electron chi connectivity index (χ2n) is 9.59. The fourth-order valence-corrected chi connectivity index (χ4v) is 4.54. The maximum absolute atomic E-state index is 5.60. The lowest BCUT2D eigenvalue weighted by atomic mass is 10.0. The van der Waals surface area contributed by atoms with E-state index >= 15 is 0 Å². The Morgan fingerprint density at radius 1 is 0.872 bits per heavy atom. The Morgan fingerprint density at radius 2 is 1.74 bits per heavy atom. The van der Waals surface area contributed by atoms with Crippen molar-refractivity contribution in [1.82, 2.24) is 19.9 Å². The van der Waals surface area contributed by atoms with Gasteiger partial charge in [0.15, 0.2) is 0 Å². The molecule has 6 rings (SSSR count). The standard InChI is InChI=1S/C31H28N6O2/c1-19-17-39-29-8-7-25(12-27(19)29)28-13-30(37-21(3)36-28)35-20(2)23-5-4-6-24(11-23)26-15-33-31(34-16-26)32-14-22-9-10-38-18-22/h4-13,15-18,20H,14H2,1-3H3,(H,32,33,34)(H,35,36,37). The van der Waals surface area contributed by atoms with E-state index in [1.165, 1.54) is 0 Å². The number of aromatic nitrogens is 4. The topological polar surface area (TPSA) is 102 Å². The minimum absolute atomic E-state index is 0.0162. The first-order chi connectivity index (χ1) is 19.0. The second-order valence-corrected chi connectivity index (χ2v) is 9.59. The monoisotopic (exact) mass is 516 g/mol. The predicted octanol–water partition coefficient (Wildman–Crippen LogP) is 7.34. The fraction of sp³-hybridized carbons (Fsp3) is 0.161. The van der Waals surface area contributed by atoms with Crippen molar-refractivity contribution in [1.29, 1.82) is 0 Å². The van der Waals surface area contributed by atoms with Crippen LogP contribution in [0.4, 0.5) is 11.8 Å². The maximum atomic E-state index is 5.60. The van der Waals surface area contributed by atoms with E-state index in [9.17, 15) is 0 Å². The largest absolute Gasteiger partial charge is 0.472 e. The smallest absolute Gasteiger partial charge is 0.222 e. The van der Waals surface area contributed by atoms with Gasteiger partial charge in [0.25, 0.3) is 0 Å². The molecule has 0 saturated carbocycles. The van der Waals surface area contributed by atoms with Crippen LogP contribution in [0.1, 0.15) is 35.5 Å². The molecule has 0 bridgehead atoms. The molecule has 4 heterocycles. The summed E-state index contributed by atoms with van der Waals surface area (Å²) in [6.07, 6.45) is 8.80. The normalized spacial score (nSPS) is 12.0. The van der Waals surface area contributed by atoms with E-state index in [1.807, 2.05) is 56.6 Å². The lowest BCUT2D eigenvalue weighted by Gasteiger charge is -2.17. The Morgan fingerprint density at radius 3 is 2.56 bits per heavy atom. The quantitative estimate of drug-likeness (QED) is 0.217. The summed E-state index contributed by atoms with van der Waals surface area (Å²) in [4.78, 5) is 18.3. The van der Waals surface area contributed by atoms with Gasteiger partial charge in [-0.3, -0.25) is 0 Å². The van der Waals surface area contributed by atoms with E-state index in [0.29, 0.717) is 18.3 Å². The molecule has 2 N–H and O–H groups in total. The van der Waals surface area contributed by atoms with Crippen LogP contribution in [-0.4, -0.2) is 19.9 Å². The third-order valence-electron chi connectivity index (χ3n) is 6.67.